The van der Waals surface area contributed by atoms with Crippen LogP contribution in [-0.2, 0) is 21.2 Å². The summed E-state index contributed by atoms with van der Waals surface area (Å²) in [6, 6.07) is 6.89. The van der Waals surface area contributed by atoms with Crippen LogP contribution in [0.25, 0.3) is 0 Å². The van der Waals surface area contributed by atoms with Gasteiger partial charge >= 0.3 is 0 Å². The average molecular weight is 313 g/mol. The molecule has 0 radical (unpaired) electrons. The van der Waals surface area contributed by atoms with Crippen molar-refractivity contribution in [3.05, 3.63) is 29.8 Å². The number of nitrogens with one attached hydrogen (secondary N) is 1. The highest BCUT2D eigenvalue weighted by Gasteiger charge is 2.31. The zero-order valence-corrected chi connectivity index (χ0v) is 13.2. The second-order valence-electron chi connectivity index (χ2n) is 5.56. The van der Waals surface area contributed by atoms with E-state index in [0.717, 1.165) is 18.4 Å². The predicted molar refractivity (Wildman–Crippen MR) is 80.6 cm³/mol. The first-order chi connectivity index (χ1) is 9.95. The first-order valence-electron chi connectivity index (χ1n) is 7.34. The molecule has 21 heavy (non-hydrogen) atoms. The van der Waals surface area contributed by atoms with Crippen molar-refractivity contribution in [3.8, 4) is 0 Å². The Morgan fingerprint density at radius 2 is 1.86 bits per heavy atom. The largest absolute Gasteiger partial charge is 0.388 e. The van der Waals surface area contributed by atoms with Crippen LogP contribution >= 0.6 is 0 Å². The van der Waals surface area contributed by atoms with E-state index < -0.39 is 15.6 Å². The molecule has 0 unspecified atom stereocenters. The quantitative estimate of drug-likeness (QED) is 0.834. The minimum absolute atomic E-state index is 0.0232. The molecule has 1 aromatic rings. The third kappa shape index (κ3) is 4.51. The van der Waals surface area contributed by atoms with E-state index in [1.165, 1.54) is 0 Å². The molecule has 0 aromatic heterocycles. The van der Waals surface area contributed by atoms with E-state index >= 15 is 0 Å². The number of hydrogen-bond donors (Lipinski definition) is 2. The first kappa shape index (κ1) is 16.4. The Bertz CT molecular complexity index is 548. The molecule has 1 saturated heterocycles. The third-order valence-corrected chi connectivity index (χ3v) is 5.20. The van der Waals surface area contributed by atoms with Gasteiger partial charge in [0.15, 0.2) is 0 Å². The molecule has 6 heteroatoms. The van der Waals surface area contributed by atoms with Crippen LogP contribution in [0.4, 0.5) is 0 Å². The molecular formula is C15H23NO4S. The Morgan fingerprint density at radius 3 is 2.43 bits per heavy atom. The van der Waals surface area contributed by atoms with Gasteiger partial charge in [0.25, 0.3) is 0 Å². The summed E-state index contributed by atoms with van der Waals surface area (Å²) in [5.74, 6) is 0. The predicted octanol–water partition coefficient (Wildman–Crippen LogP) is 1.46. The Labute approximate surface area is 126 Å². The van der Waals surface area contributed by atoms with Gasteiger partial charge in [-0.2, -0.15) is 0 Å². The molecule has 2 N–H and O–H groups in total. The monoisotopic (exact) mass is 313 g/mol. The lowest BCUT2D eigenvalue weighted by Gasteiger charge is -2.31. The molecular weight excluding hydrogens is 290 g/mol. The van der Waals surface area contributed by atoms with Crippen molar-refractivity contribution in [1.29, 1.82) is 0 Å². The molecule has 2 rings (SSSR count). The molecule has 1 heterocycles. The maximum absolute atomic E-state index is 12.2. The van der Waals surface area contributed by atoms with E-state index in [4.69, 9.17) is 4.74 Å². The van der Waals surface area contributed by atoms with E-state index in [2.05, 4.69) is 11.6 Å². The summed E-state index contributed by atoms with van der Waals surface area (Å²) in [5.41, 5.74) is 0.118. The van der Waals surface area contributed by atoms with Crippen molar-refractivity contribution in [2.45, 2.75) is 43.1 Å². The molecule has 0 amide bonds. The molecule has 0 bridgehead atoms. The van der Waals surface area contributed by atoms with Gasteiger partial charge < -0.3 is 9.84 Å². The molecule has 5 nitrogen and oxygen atoms in total. The van der Waals surface area contributed by atoms with E-state index in [1.54, 1.807) is 12.1 Å². The van der Waals surface area contributed by atoms with Crippen molar-refractivity contribution >= 4 is 10.0 Å². The fourth-order valence-corrected chi connectivity index (χ4v) is 3.48. The summed E-state index contributed by atoms with van der Waals surface area (Å²) >= 11 is 0. The minimum Gasteiger partial charge on any atom is -0.388 e. The Balaban J connectivity index is 2.00. The zero-order chi connectivity index (χ0) is 15.3. The lowest BCUT2D eigenvalue weighted by molar-refractivity contribution is -0.0588. The molecule has 0 spiro atoms. The van der Waals surface area contributed by atoms with E-state index in [9.17, 15) is 13.5 Å². The van der Waals surface area contributed by atoms with Crippen LogP contribution < -0.4 is 4.72 Å². The SMILES string of the molecule is CCCc1ccc(S(=O)(=O)NCC2(O)CCOCC2)cc1. The molecule has 0 aliphatic carbocycles. The van der Waals surface area contributed by atoms with Gasteiger partial charge in [0.2, 0.25) is 10.0 Å². The first-order valence-corrected chi connectivity index (χ1v) is 8.82. The fraction of sp³-hybridized carbons (Fsp3) is 0.600. The summed E-state index contributed by atoms with van der Waals surface area (Å²) in [6.07, 6.45) is 2.86. The van der Waals surface area contributed by atoms with Gasteiger partial charge in [0.1, 0.15) is 0 Å². The number of aliphatic hydroxyl groups is 1. The van der Waals surface area contributed by atoms with E-state index in [0.29, 0.717) is 26.1 Å². The molecule has 1 aromatic carbocycles. The lowest BCUT2D eigenvalue weighted by atomic mass is 9.95. The molecule has 1 aliphatic rings. The van der Waals surface area contributed by atoms with Gasteiger partial charge in [-0.05, 0) is 24.1 Å². The zero-order valence-electron chi connectivity index (χ0n) is 12.3. The Morgan fingerprint density at radius 1 is 1.24 bits per heavy atom. The number of hydrogen-bond acceptors (Lipinski definition) is 4. The molecule has 118 valence electrons. The van der Waals surface area contributed by atoms with E-state index in [-0.39, 0.29) is 11.4 Å². The number of rotatable bonds is 6. The maximum atomic E-state index is 12.2. The summed E-state index contributed by atoms with van der Waals surface area (Å²) in [5, 5.41) is 10.3. The smallest absolute Gasteiger partial charge is 0.240 e. The fourth-order valence-electron chi connectivity index (χ4n) is 2.36. The third-order valence-electron chi connectivity index (χ3n) is 3.79. The van der Waals surface area contributed by atoms with Crippen molar-refractivity contribution in [3.63, 3.8) is 0 Å². The van der Waals surface area contributed by atoms with Gasteiger partial charge in [-0.25, -0.2) is 13.1 Å². The van der Waals surface area contributed by atoms with Crippen LogP contribution in [0.3, 0.4) is 0 Å². The summed E-state index contributed by atoms with van der Waals surface area (Å²) < 4.78 is 32.1. The topological polar surface area (TPSA) is 75.6 Å². The van der Waals surface area contributed by atoms with Gasteiger partial charge in [0.05, 0.1) is 10.5 Å². The number of ether oxygens (including phenoxy) is 1. The second kappa shape index (κ2) is 6.87. The van der Waals surface area contributed by atoms with Crippen LogP contribution in [0.1, 0.15) is 31.7 Å². The van der Waals surface area contributed by atoms with Crippen LogP contribution in [0, 0.1) is 0 Å². The van der Waals surface area contributed by atoms with Gasteiger partial charge in [-0.3, -0.25) is 0 Å². The highest BCUT2D eigenvalue weighted by Crippen LogP contribution is 2.20. The van der Waals surface area contributed by atoms with Crippen molar-refractivity contribution < 1.29 is 18.3 Å². The number of benzene rings is 1. The van der Waals surface area contributed by atoms with Crippen molar-refractivity contribution in [2.24, 2.45) is 0 Å². The highest BCUT2D eigenvalue weighted by atomic mass is 32.2. The van der Waals surface area contributed by atoms with Crippen LogP contribution in [0.5, 0.6) is 0 Å². The summed E-state index contributed by atoms with van der Waals surface area (Å²) in [6.45, 7) is 3.03. The van der Waals surface area contributed by atoms with Gasteiger partial charge in [-0.1, -0.05) is 25.5 Å². The van der Waals surface area contributed by atoms with Crippen LogP contribution in [0.2, 0.25) is 0 Å². The van der Waals surface area contributed by atoms with Crippen molar-refractivity contribution in [1.82, 2.24) is 4.72 Å². The van der Waals surface area contributed by atoms with E-state index in [1.807, 2.05) is 12.1 Å². The van der Waals surface area contributed by atoms with Crippen LogP contribution in [0.15, 0.2) is 29.2 Å². The Kier molecular flexibility index (Phi) is 5.37. The summed E-state index contributed by atoms with van der Waals surface area (Å²) in [7, 11) is -3.58. The molecule has 1 aliphatic heterocycles. The lowest BCUT2D eigenvalue weighted by Crippen LogP contribution is -2.46. The Hall–Kier alpha value is -0.950. The van der Waals surface area contributed by atoms with Crippen molar-refractivity contribution in [2.75, 3.05) is 19.8 Å². The van der Waals surface area contributed by atoms with Crippen LogP contribution in [-0.4, -0.2) is 38.9 Å². The minimum atomic E-state index is -3.58. The average Bonchev–Trinajstić information content (AvgIpc) is 2.47. The summed E-state index contributed by atoms with van der Waals surface area (Å²) in [4.78, 5) is 0.234. The number of aryl methyl sites for hydroxylation is 1. The van der Waals surface area contributed by atoms with Gasteiger partial charge in [-0.15, -0.1) is 0 Å². The maximum Gasteiger partial charge on any atom is 0.240 e. The standard InChI is InChI=1S/C15H23NO4S/c1-2-3-13-4-6-14(7-5-13)21(18,19)16-12-15(17)8-10-20-11-9-15/h4-7,16-17H,2-3,8-12H2,1H3. The van der Waals surface area contributed by atoms with Gasteiger partial charge in [0, 0.05) is 32.6 Å². The molecule has 1 fully saturated rings. The molecule has 0 atom stereocenters. The normalized spacial score (nSPS) is 18.6. The highest BCUT2D eigenvalue weighted by molar-refractivity contribution is 7.89. The number of sulfonamides is 1. The second-order valence-corrected chi connectivity index (χ2v) is 7.32. The molecule has 0 saturated carbocycles.